The number of ether oxygens (including phenoxy) is 4. The average Bonchev–Trinajstić information content (AvgIpc) is 3.04. The molecule has 0 aliphatic carbocycles. The fourth-order valence-corrected chi connectivity index (χ4v) is 2.73. The number of hydrogen-bond acceptors (Lipinski definition) is 6. The molecule has 2 heterocycles. The van der Waals surface area contributed by atoms with Gasteiger partial charge in [-0.1, -0.05) is 12.2 Å². The van der Waals surface area contributed by atoms with Crippen molar-refractivity contribution in [3.63, 3.8) is 0 Å². The van der Waals surface area contributed by atoms with Crippen LogP contribution in [0.5, 0.6) is 0 Å². The van der Waals surface area contributed by atoms with Crippen molar-refractivity contribution in [2.24, 2.45) is 0 Å². The summed E-state index contributed by atoms with van der Waals surface area (Å²) in [5.74, 6) is -1.35. The van der Waals surface area contributed by atoms with Crippen LogP contribution in [0.15, 0.2) is 23.8 Å². The topological polar surface area (TPSA) is 71.1 Å². The third kappa shape index (κ3) is 4.68. The molecule has 0 aromatic heterocycles. The molecule has 0 amide bonds. The molecule has 6 nitrogen and oxygen atoms in total. The molecular weight excluding hydrogens is 312 g/mol. The molecule has 0 aromatic rings. The van der Waals surface area contributed by atoms with E-state index >= 15 is 0 Å². The minimum Gasteiger partial charge on any atom is -0.458 e. The zero-order valence-corrected chi connectivity index (χ0v) is 14.9. The maximum Gasteiger partial charge on any atom is 0.334 e. The summed E-state index contributed by atoms with van der Waals surface area (Å²) in [7, 11) is 0. The Kier molecular flexibility index (Phi) is 5.83. The van der Waals surface area contributed by atoms with Gasteiger partial charge in [-0.15, -0.1) is 0 Å². The van der Waals surface area contributed by atoms with Crippen molar-refractivity contribution in [3.05, 3.63) is 23.8 Å². The second-order valence-corrected chi connectivity index (χ2v) is 6.60. The fraction of sp³-hybridized carbons (Fsp3) is 0.667. The van der Waals surface area contributed by atoms with Gasteiger partial charge in [0.1, 0.15) is 12.2 Å². The van der Waals surface area contributed by atoms with E-state index in [-0.39, 0.29) is 18.2 Å². The second kappa shape index (κ2) is 7.49. The first-order valence-electron chi connectivity index (χ1n) is 8.29. The fourth-order valence-electron chi connectivity index (χ4n) is 2.73. The van der Waals surface area contributed by atoms with Crippen molar-refractivity contribution >= 4 is 11.9 Å². The van der Waals surface area contributed by atoms with Crippen LogP contribution in [0.2, 0.25) is 0 Å². The number of cyclic esters (lactones) is 1. The molecule has 6 heteroatoms. The molecule has 2 aliphatic rings. The summed E-state index contributed by atoms with van der Waals surface area (Å²) in [5, 5.41) is 0. The Labute approximate surface area is 142 Å². The molecule has 2 fully saturated rings. The third-order valence-electron chi connectivity index (χ3n) is 4.12. The van der Waals surface area contributed by atoms with Crippen LogP contribution in [0.4, 0.5) is 0 Å². The minimum atomic E-state index is -0.651. The highest BCUT2D eigenvalue weighted by atomic mass is 16.7. The van der Waals surface area contributed by atoms with E-state index in [0.29, 0.717) is 18.4 Å². The molecule has 0 radical (unpaired) electrons. The first-order valence-corrected chi connectivity index (χ1v) is 8.29. The summed E-state index contributed by atoms with van der Waals surface area (Å²) >= 11 is 0. The van der Waals surface area contributed by atoms with E-state index in [1.54, 1.807) is 26.0 Å². The molecule has 4 atom stereocenters. The quantitative estimate of drug-likeness (QED) is 0.436. The molecule has 0 bridgehead atoms. The Morgan fingerprint density at radius 1 is 1.38 bits per heavy atom. The first kappa shape index (κ1) is 18.7. The number of carbonyl (C=O) groups excluding carboxylic acids is 2. The number of hydrogen-bond donors (Lipinski definition) is 0. The van der Waals surface area contributed by atoms with E-state index in [1.165, 1.54) is 0 Å². The van der Waals surface area contributed by atoms with Crippen molar-refractivity contribution < 1.29 is 28.5 Å². The van der Waals surface area contributed by atoms with Crippen LogP contribution in [-0.4, -0.2) is 42.1 Å². The van der Waals surface area contributed by atoms with E-state index in [2.05, 4.69) is 0 Å². The molecule has 2 saturated heterocycles. The van der Waals surface area contributed by atoms with Crippen molar-refractivity contribution in [1.29, 1.82) is 0 Å². The smallest absolute Gasteiger partial charge is 0.334 e. The molecule has 0 saturated carbocycles. The molecule has 0 spiro atoms. The average molecular weight is 338 g/mol. The molecule has 0 unspecified atom stereocenters. The highest BCUT2D eigenvalue weighted by Crippen LogP contribution is 2.29. The number of esters is 2. The van der Waals surface area contributed by atoms with Crippen LogP contribution in [0, 0.1) is 0 Å². The summed E-state index contributed by atoms with van der Waals surface area (Å²) in [6, 6.07) is 0. The first-order chi connectivity index (χ1) is 11.2. The minimum absolute atomic E-state index is 0.115. The van der Waals surface area contributed by atoms with Crippen molar-refractivity contribution in [1.82, 2.24) is 0 Å². The predicted molar refractivity (Wildman–Crippen MR) is 87.1 cm³/mol. The molecule has 24 heavy (non-hydrogen) atoms. The van der Waals surface area contributed by atoms with Gasteiger partial charge in [-0.05, 0) is 47.1 Å². The summed E-state index contributed by atoms with van der Waals surface area (Å²) in [5.41, 5.74) is 0.507. The van der Waals surface area contributed by atoms with Crippen molar-refractivity contribution in [3.8, 4) is 0 Å². The Balaban J connectivity index is 2.09. The Bertz CT molecular complexity index is 548. The van der Waals surface area contributed by atoms with Gasteiger partial charge in [0.05, 0.1) is 6.10 Å². The lowest BCUT2D eigenvalue weighted by molar-refractivity contribution is -0.155. The SMILES string of the molecule is C/C=C(\C)C(=O)O[C@H](/C=C/[C@@H]1OC(C)(C)O[C@H]1C)[C@H]1CCC(=O)O1. The van der Waals surface area contributed by atoms with Crippen LogP contribution < -0.4 is 0 Å². The largest absolute Gasteiger partial charge is 0.458 e. The highest BCUT2D eigenvalue weighted by Gasteiger charge is 2.38. The van der Waals surface area contributed by atoms with Crippen LogP contribution in [0.3, 0.4) is 0 Å². The standard InChI is InChI=1S/C18H26O6/c1-6-11(2)17(20)22-15(14-9-10-16(19)21-14)8-7-13-12(3)23-18(4,5)24-13/h6-8,12-15H,9-10H2,1-5H3/b8-7+,11-6+/t12-,13-,14+,15+/m0/s1. The Hall–Kier alpha value is -1.66. The maximum atomic E-state index is 12.1. The molecule has 134 valence electrons. The van der Waals surface area contributed by atoms with E-state index in [1.807, 2.05) is 26.8 Å². The van der Waals surface area contributed by atoms with Crippen LogP contribution in [0.1, 0.15) is 47.5 Å². The van der Waals surface area contributed by atoms with E-state index < -0.39 is 24.0 Å². The summed E-state index contributed by atoms with van der Waals surface area (Å²) in [6.07, 6.45) is 4.62. The number of allylic oxidation sites excluding steroid dienone is 1. The maximum absolute atomic E-state index is 12.1. The van der Waals surface area contributed by atoms with Gasteiger partial charge in [0.2, 0.25) is 0 Å². The third-order valence-corrected chi connectivity index (χ3v) is 4.12. The predicted octanol–water partition coefficient (Wildman–Crippen LogP) is 2.67. The summed E-state index contributed by atoms with van der Waals surface area (Å²) in [4.78, 5) is 23.5. The molecular formula is C18H26O6. The zero-order chi connectivity index (χ0) is 17.9. The lowest BCUT2D eigenvalue weighted by Gasteiger charge is -2.21. The van der Waals surface area contributed by atoms with E-state index in [4.69, 9.17) is 18.9 Å². The van der Waals surface area contributed by atoms with E-state index in [9.17, 15) is 9.59 Å². The van der Waals surface area contributed by atoms with Crippen molar-refractivity contribution in [2.75, 3.05) is 0 Å². The molecule has 2 rings (SSSR count). The molecule has 0 aromatic carbocycles. The Morgan fingerprint density at radius 2 is 2.08 bits per heavy atom. The number of carbonyl (C=O) groups is 2. The van der Waals surface area contributed by atoms with Gasteiger partial charge in [-0.25, -0.2) is 4.79 Å². The molecule has 0 N–H and O–H groups in total. The van der Waals surface area contributed by atoms with Crippen LogP contribution in [-0.2, 0) is 28.5 Å². The van der Waals surface area contributed by atoms with Gasteiger partial charge in [-0.3, -0.25) is 4.79 Å². The summed E-state index contributed by atoms with van der Waals surface area (Å²) in [6.45, 7) is 9.07. The van der Waals surface area contributed by atoms with Crippen molar-refractivity contribution in [2.45, 2.75) is 77.7 Å². The van der Waals surface area contributed by atoms with Gasteiger partial charge in [0.15, 0.2) is 11.9 Å². The van der Waals surface area contributed by atoms with Gasteiger partial charge < -0.3 is 18.9 Å². The van der Waals surface area contributed by atoms with Gasteiger partial charge in [0.25, 0.3) is 0 Å². The van der Waals surface area contributed by atoms with Gasteiger partial charge >= 0.3 is 11.9 Å². The van der Waals surface area contributed by atoms with Gasteiger partial charge in [-0.2, -0.15) is 0 Å². The zero-order valence-electron chi connectivity index (χ0n) is 14.9. The van der Waals surface area contributed by atoms with E-state index in [0.717, 1.165) is 0 Å². The second-order valence-electron chi connectivity index (χ2n) is 6.60. The molecule has 2 aliphatic heterocycles. The monoisotopic (exact) mass is 338 g/mol. The lowest BCUT2D eigenvalue weighted by Crippen LogP contribution is -2.30. The normalized spacial score (nSPS) is 31.3. The number of rotatable bonds is 5. The highest BCUT2D eigenvalue weighted by molar-refractivity contribution is 5.87. The Morgan fingerprint density at radius 3 is 2.58 bits per heavy atom. The van der Waals surface area contributed by atoms with Crippen LogP contribution in [0.25, 0.3) is 0 Å². The van der Waals surface area contributed by atoms with Gasteiger partial charge in [0, 0.05) is 12.0 Å². The van der Waals surface area contributed by atoms with Crippen LogP contribution >= 0.6 is 0 Å². The summed E-state index contributed by atoms with van der Waals surface area (Å²) < 4.78 is 22.3. The lowest BCUT2D eigenvalue weighted by atomic mass is 10.1.